The van der Waals surface area contributed by atoms with Gasteiger partial charge in [0, 0.05) is 17.3 Å². The topological polar surface area (TPSA) is 51.1 Å². The number of benzene rings is 2. The predicted molar refractivity (Wildman–Crippen MR) is 108 cm³/mol. The summed E-state index contributed by atoms with van der Waals surface area (Å²) in [6.45, 7) is 4.00. The zero-order valence-corrected chi connectivity index (χ0v) is 15.9. The van der Waals surface area contributed by atoms with Gasteiger partial charge in [0.25, 0.3) is 5.91 Å². The molecule has 0 fully saturated rings. The summed E-state index contributed by atoms with van der Waals surface area (Å²) < 4.78 is 2.68. The quantitative estimate of drug-likeness (QED) is 0.725. The maximum absolute atomic E-state index is 12.6. The highest BCUT2D eigenvalue weighted by atomic mass is 32.1. The molecular formula is C21H22N2O2S. The number of hydrogen-bond acceptors (Lipinski definition) is 3. The van der Waals surface area contributed by atoms with Gasteiger partial charge in [-0.3, -0.25) is 14.2 Å². The second-order valence-electron chi connectivity index (χ2n) is 7.16. The summed E-state index contributed by atoms with van der Waals surface area (Å²) in [5, 5.41) is 2.97. The van der Waals surface area contributed by atoms with Crippen LogP contribution in [-0.2, 0) is 12.8 Å². The molecule has 0 spiro atoms. The number of anilines is 1. The molecule has 0 atom stereocenters. The van der Waals surface area contributed by atoms with E-state index in [0.717, 1.165) is 28.7 Å². The van der Waals surface area contributed by atoms with E-state index in [-0.39, 0.29) is 16.8 Å². The molecule has 1 N–H and O–H groups in total. The van der Waals surface area contributed by atoms with Crippen LogP contribution in [0.15, 0.2) is 41.2 Å². The van der Waals surface area contributed by atoms with E-state index in [4.69, 9.17) is 0 Å². The number of fused-ring (bicyclic) bond motifs is 2. The minimum absolute atomic E-state index is 0.0353. The number of rotatable bonds is 3. The number of aryl methyl sites for hydroxylation is 2. The van der Waals surface area contributed by atoms with E-state index in [0.29, 0.717) is 5.56 Å². The Bertz CT molecular complexity index is 1050. The van der Waals surface area contributed by atoms with Crippen molar-refractivity contribution < 1.29 is 4.79 Å². The summed E-state index contributed by atoms with van der Waals surface area (Å²) in [4.78, 5) is 24.8. The Balaban J connectivity index is 1.61. The molecule has 0 bridgehead atoms. The van der Waals surface area contributed by atoms with Gasteiger partial charge in [-0.15, -0.1) is 0 Å². The number of thiazole rings is 1. The van der Waals surface area contributed by atoms with E-state index in [2.05, 4.69) is 11.4 Å². The van der Waals surface area contributed by atoms with Gasteiger partial charge in [0.1, 0.15) is 0 Å². The summed E-state index contributed by atoms with van der Waals surface area (Å²) in [6.07, 6.45) is 4.59. The molecule has 1 amide bonds. The smallest absolute Gasteiger partial charge is 0.308 e. The molecule has 1 aliphatic carbocycles. The number of carbonyl (C=O) groups is 1. The summed E-state index contributed by atoms with van der Waals surface area (Å²) >= 11 is 1.22. The molecule has 0 saturated carbocycles. The van der Waals surface area contributed by atoms with Crippen molar-refractivity contribution >= 4 is 33.1 Å². The Kier molecular flexibility index (Phi) is 4.41. The Morgan fingerprint density at radius 1 is 1.08 bits per heavy atom. The Morgan fingerprint density at radius 2 is 1.85 bits per heavy atom. The normalized spacial score (nSPS) is 13.8. The maximum Gasteiger partial charge on any atom is 0.308 e. The number of hydrogen-bond donors (Lipinski definition) is 1. The van der Waals surface area contributed by atoms with E-state index in [1.54, 1.807) is 4.57 Å². The van der Waals surface area contributed by atoms with Crippen LogP contribution in [-0.4, -0.2) is 10.5 Å². The molecule has 2 aromatic carbocycles. The lowest BCUT2D eigenvalue weighted by Gasteiger charge is -2.16. The number of carbonyl (C=O) groups excluding carboxylic acids is 1. The molecule has 1 aliphatic rings. The summed E-state index contributed by atoms with van der Waals surface area (Å²) in [6, 6.07) is 11.8. The first-order valence-corrected chi connectivity index (χ1v) is 9.93. The fourth-order valence-corrected chi connectivity index (χ4v) is 4.73. The molecule has 134 valence electrons. The Morgan fingerprint density at radius 3 is 2.62 bits per heavy atom. The third-order valence-electron chi connectivity index (χ3n) is 5.00. The van der Waals surface area contributed by atoms with Gasteiger partial charge in [-0.05, 0) is 81.0 Å². The van der Waals surface area contributed by atoms with Gasteiger partial charge in [0.15, 0.2) is 0 Å². The van der Waals surface area contributed by atoms with Gasteiger partial charge in [0.2, 0.25) is 0 Å². The van der Waals surface area contributed by atoms with Crippen molar-refractivity contribution in [3.8, 4) is 0 Å². The maximum atomic E-state index is 12.6. The molecule has 1 aromatic heterocycles. The van der Waals surface area contributed by atoms with Crippen molar-refractivity contribution in [2.45, 2.75) is 45.6 Å². The van der Waals surface area contributed by atoms with E-state index < -0.39 is 0 Å². The highest BCUT2D eigenvalue weighted by Crippen LogP contribution is 2.25. The molecule has 4 nitrogen and oxygen atoms in total. The third kappa shape index (κ3) is 3.07. The van der Waals surface area contributed by atoms with Crippen molar-refractivity contribution in [2.75, 3.05) is 5.32 Å². The van der Waals surface area contributed by atoms with Crippen molar-refractivity contribution in [3.63, 3.8) is 0 Å². The van der Waals surface area contributed by atoms with Crippen LogP contribution in [0, 0.1) is 0 Å². The number of nitrogens with zero attached hydrogens (tertiary/aromatic N) is 1. The second kappa shape index (κ2) is 6.72. The largest absolute Gasteiger partial charge is 0.322 e. The van der Waals surface area contributed by atoms with Gasteiger partial charge in [-0.25, -0.2) is 0 Å². The SMILES string of the molecule is CC(C)n1c(=O)sc2cc(NC(=O)c3ccc4c(c3)CCCC4)ccc21. The first-order valence-electron chi connectivity index (χ1n) is 9.11. The average molecular weight is 366 g/mol. The van der Waals surface area contributed by atoms with Crippen molar-refractivity contribution in [1.29, 1.82) is 0 Å². The Hall–Kier alpha value is -2.40. The van der Waals surface area contributed by atoms with Crippen LogP contribution in [0.4, 0.5) is 5.69 Å². The Labute approximate surface area is 156 Å². The fourth-order valence-electron chi connectivity index (χ4n) is 3.68. The molecule has 1 heterocycles. The van der Waals surface area contributed by atoms with E-state index >= 15 is 0 Å². The van der Waals surface area contributed by atoms with E-state index in [9.17, 15) is 9.59 Å². The van der Waals surface area contributed by atoms with Crippen LogP contribution >= 0.6 is 11.3 Å². The lowest BCUT2D eigenvalue weighted by atomic mass is 9.90. The zero-order valence-electron chi connectivity index (χ0n) is 15.0. The molecule has 4 rings (SSSR count). The molecule has 3 aromatic rings. The van der Waals surface area contributed by atoms with Gasteiger partial charge in [0.05, 0.1) is 10.2 Å². The first-order chi connectivity index (χ1) is 12.5. The van der Waals surface area contributed by atoms with E-state index in [1.165, 1.54) is 35.3 Å². The fraction of sp³-hybridized carbons (Fsp3) is 0.333. The van der Waals surface area contributed by atoms with Crippen LogP contribution < -0.4 is 10.2 Å². The standard InChI is InChI=1S/C21H22N2O2S/c1-13(2)23-18-10-9-17(12-19(18)26-21(23)25)22-20(24)16-8-7-14-5-3-4-6-15(14)11-16/h7-13H,3-6H2,1-2H3,(H,22,24). The van der Waals surface area contributed by atoms with Crippen LogP contribution in [0.3, 0.4) is 0 Å². The molecule has 0 aliphatic heterocycles. The molecular weight excluding hydrogens is 344 g/mol. The molecule has 0 unspecified atom stereocenters. The summed E-state index contributed by atoms with van der Waals surface area (Å²) in [5.74, 6) is -0.103. The number of nitrogens with one attached hydrogen (secondary N) is 1. The minimum Gasteiger partial charge on any atom is -0.322 e. The minimum atomic E-state index is -0.103. The van der Waals surface area contributed by atoms with Crippen LogP contribution in [0.1, 0.15) is 54.2 Å². The van der Waals surface area contributed by atoms with Crippen molar-refractivity contribution in [3.05, 3.63) is 62.8 Å². The highest BCUT2D eigenvalue weighted by molar-refractivity contribution is 7.16. The number of amides is 1. The van der Waals surface area contributed by atoms with Crippen LogP contribution in [0.25, 0.3) is 10.2 Å². The lowest BCUT2D eigenvalue weighted by Crippen LogP contribution is -2.15. The molecule has 0 saturated heterocycles. The van der Waals surface area contributed by atoms with Crippen molar-refractivity contribution in [2.24, 2.45) is 0 Å². The average Bonchev–Trinajstić information content (AvgIpc) is 2.96. The number of aromatic nitrogens is 1. The first kappa shape index (κ1) is 17.0. The second-order valence-corrected chi connectivity index (χ2v) is 8.15. The molecule has 26 heavy (non-hydrogen) atoms. The summed E-state index contributed by atoms with van der Waals surface area (Å²) in [7, 11) is 0. The van der Waals surface area contributed by atoms with E-state index in [1.807, 2.05) is 44.2 Å². The highest BCUT2D eigenvalue weighted by Gasteiger charge is 2.14. The van der Waals surface area contributed by atoms with Crippen molar-refractivity contribution in [1.82, 2.24) is 4.57 Å². The monoisotopic (exact) mass is 366 g/mol. The third-order valence-corrected chi connectivity index (χ3v) is 5.92. The van der Waals surface area contributed by atoms with Gasteiger partial charge in [-0.2, -0.15) is 0 Å². The van der Waals surface area contributed by atoms with Crippen LogP contribution in [0.2, 0.25) is 0 Å². The lowest BCUT2D eigenvalue weighted by molar-refractivity contribution is 0.102. The van der Waals surface area contributed by atoms with Gasteiger partial charge < -0.3 is 5.32 Å². The molecule has 0 radical (unpaired) electrons. The van der Waals surface area contributed by atoms with Gasteiger partial charge >= 0.3 is 4.87 Å². The zero-order chi connectivity index (χ0) is 18.3. The van der Waals surface area contributed by atoms with Crippen LogP contribution in [0.5, 0.6) is 0 Å². The molecule has 5 heteroatoms. The predicted octanol–water partition coefficient (Wildman–Crippen LogP) is 4.78. The summed E-state index contributed by atoms with van der Waals surface area (Å²) in [5.41, 5.74) is 5.00. The van der Waals surface area contributed by atoms with Gasteiger partial charge in [-0.1, -0.05) is 17.4 Å².